The quantitative estimate of drug-likeness (QED) is 0.442. The van der Waals surface area contributed by atoms with Crippen LogP contribution in [0.2, 0.25) is 0 Å². The average Bonchev–Trinajstić information content (AvgIpc) is 2.80. The molecule has 31 heavy (non-hydrogen) atoms. The van der Waals surface area contributed by atoms with Gasteiger partial charge in [0, 0.05) is 16.8 Å². The molecule has 0 saturated heterocycles. The van der Waals surface area contributed by atoms with Crippen LogP contribution in [-0.4, -0.2) is 23.2 Å². The molecule has 6 nitrogen and oxygen atoms in total. The molecule has 0 atom stereocenters. The summed E-state index contributed by atoms with van der Waals surface area (Å²) in [6.07, 6.45) is 0. The lowest BCUT2D eigenvalue weighted by atomic mass is 10.1. The summed E-state index contributed by atoms with van der Waals surface area (Å²) in [5.41, 5.74) is 4.87. The normalized spacial score (nSPS) is 10.4. The molecule has 3 aromatic carbocycles. The maximum Gasteiger partial charge on any atom is 0.255 e. The number of aromatic nitrogens is 2. The molecule has 4 aromatic rings. The van der Waals surface area contributed by atoms with Crippen molar-refractivity contribution in [2.75, 3.05) is 17.7 Å². The number of carbonyl (C=O) groups is 1. The van der Waals surface area contributed by atoms with Gasteiger partial charge in [0.2, 0.25) is 0 Å². The molecule has 6 heteroatoms. The lowest BCUT2D eigenvalue weighted by molar-refractivity contribution is 0.102. The standard InChI is InChI=1S/C25H22N4O2/c1-17-7-5-8-18(15-17)21-13-14-24(29-28-21)26-20-10-6-9-19(16-20)25(30)27-22-11-3-4-12-23(22)31-2/h3-16H,1-2H3,(H,26,29)(H,27,30). The van der Waals surface area contributed by atoms with Gasteiger partial charge in [0.1, 0.15) is 5.75 Å². The number of carbonyl (C=O) groups excluding carboxylic acids is 1. The number of para-hydroxylation sites is 2. The zero-order valence-electron chi connectivity index (χ0n) is 17.3. The molecule has 0 fully saturated rings. The van der Waals surface area contributed by atoms with Crippen LogP contribution in [0.1, 0.15) is 15.9 Å². The maximum absolute atomic E-state index is 12.7. The van der Waals surface area contributed by atoms with Crippen LogP contribution < -0.4 is 15.4 Å². The number of amides is 1. The van der Waals surface area contributed by atoms with E-state index in [2.05, 4.69) is 26.9 Å². The van der Waals surface area contributed by atoms with Crippen LogP contribution in [0, 0.1) is 6.92 Å². The van der Waals surface area contributed by atoms with Gasteiger partial charge in [0.25, 0.3) is 5.91 Å². The second-order valence-corrected chi connectivity index (χ2v) is 7.03. The van der Waals surface area contributed by atoms with Crippen LogP contribution in [0.15, 0.2) is 84.9 Å². The smallest absolute Gasteiger partial charge is 0.255 e. The summed E-state index contributed by atoms with van der Waals surface area (Å²) in [4.78, 5) is 12.7. The molecule has 0 aliphatic rings. The Morgan fingerprint density at radius 2 is 1.71 bits per heavy atom. The number of hydrogen-bond acceptors (Lipinski definition) is 5. The molecule has 0 spiro atoms. The van der Waals surface area contributed by atoms with Crippen LogP contribution in [0.4, 0.5) is 17.2 Å². The minimum atomic E-state index is -0.228. The molecule has 1 amide bonds. The number of benzene rings is 3. The van der Waals surface area contributed by atoms with Crippen molar-refractivity contribution in [1.82, 2.24) is 10.2 Å². The van der Waals surface area contributed by atoms with Crippen molar-refractivity contribution in [2.24, 2.45) is 0 Å². The second kappa shape index (κ2) is 9.09. The third-order valence-electron chi connectivity index (χ3n) is 4.73. The topological polar surface area (TPSA) is 76.1 Å². The van der Waals surface area contributed by atoms with Crippen LogP contribution in [0.25, 0.3) is 11.3 Å². The van der Waals surface area contributed by atoms with Gasteiger partial charge in [0.05, 0.1) is 18.5 Å². The van der Waals surface area contributed by atoms with E-state index in [-0.39, 0.29) is 5.91 Å². The number of methoxy groups -OCH3 is 1. The summed E-state index contributed by atoms with van der Waals surface area (Å²) in [7, 11) is 1.57. The Kier molecular flexibility index (Phi) is 5.89. The van der Waals surface area contributed by atoms with Crippen LogP contribution in [0.5, 0.6) is 5.75 Å². The number of nitrogens with zero attached hydrogens (tertiary/aromatic N) is 2. The largest absolute Gasteiger partial charge is 0.495 e. The van der Waals surface area contributed by atoms with Crippen LogP contribution in [0.3, 0.4) is 0 Å². The fourth-order valence-electron chi connectivity index (χ4n) is 3.19. The van der Waals surface area contributed by atoms with Crippen LogP contribution >= 0.6 is 0 Å². The highest BCUT2D eigenvalue weighted by Gasteiger charge is 2.10. The zero-order valence-corrected chi connectivity index (χ0v) is 17.3. The number of anilines is 3. The first-order valence-electron chi connectivity index (χ1n) is 9.84. The highest BCUT2D eigenvalue weighted by molar-refractivity contribution is 6.05. The molecule has 2 N–H and O–H groups in total. The molecule has 0 aliphatic heterocycles. The predicted molar refractivity (Wildman–Crippen MR) is 123 cm³/mol. The summed E-state index contributed by atoms with van der Waals surface area (Å²) < 4.78 is 5.29. The molecule has 0 saturated carbocycles. The Hall–Kier alpha value is -4.19. The molecule has 1 heterocycles. The van der Waals surface area contributed by atoms with E-state index in [4.69, 9.17) is 4.74 Å². The zero-order chi connectivity index (χ0) is 21.6. The van der Waals surface area contributed by atoms with Crippen molar-refractivity contribution in [1.29, 1.82) is 0 Å². The summed E-state index contributed by atoms with van der Waals surface area (Å²) >= 11 is 0. The SMILES string of the molecule is COc1ccccc1NC(=O)c1cccc(Nc2ccc(-c3cccc(C)c3)nn2)c1. The number of hydrogen-bond donors (Lipinski definition) is 2. The van der Waals surface area contributed by atoms with Crippen molar-refractivity contribution in [2.45, 2.75) is 6.92 Å². The minimum absolute atomic E-state index is 0.228. The van der Waals surface area contributed by atoms with Crippen LogP contribution in [-0.2, 0) is 0 Å². The molecule has 4 rings (SSSR count). The van der Waals surface area contributed by atoms with Crippen molar-refractivity contribution in [3.05, 3.63) is 96.1 Å². The molecular formula is C25H22N4O2. The third kappa shape index (κ3) is 4.87. The van der Waals surface area contributed by atoms with Gasteiger partial charge in [-0.1, -0.05) is 42.0 Å². The van der Waals surface area contributed by atoms with Gasteiger partial charge >= 0.3 is 0 Å². The van der Waals surface area contributed by atoms with Crippen molar-refractivity contribution in [3.63, 3.8) is 0 Å². The van der Waals surface area contributed by atoms with Crippen molar-refractivity contribution < 1.29 is 9.53 Å². The molecule has 0 aliphatic carbocycles. The highest BCUT2D eigenvalue weighted by Crippen LogP contribution is 2.25. The Labute approximate surface area is 180 Å². The van der Waals surface area contributed by atoms with E-state index in [1.54, 1.807) is 31.4 Å². The number of ether oxygens (including phenoxy) is 1. The minimum Gasteiger partial charge on any atom is -0.495 e. The van der Waals surface area contributed by atoms with E-state index < -0.39 is 0 Å². The van der Waals surface area contributed by atoms with Crippen molar-refractivity contribution >= 4 is 23.1 Å². The first-order valence-corrected chi connectivity index (χ1v) is 9.84. The van der Waals surface area contributed by atoms with E-state index in [1.807, 2.05) is 61.5 Å². The summed E-state index contributed by atoms with van der Waals surface area (Å²) in [5.74, 6) is 0.974. The fraction of sp³-hybridized carbons (Fsp3) is 0.0800. The molecule has 0 bridgehead atoms. The third-order valence-corrected chi connectivity index (χ3v) is 4.73. The van der Waals surface area contributed by atoms with Gasteiger partial charge in [-0.15, -0.1) is 10.2 Å². The van der Waals surface area contributed by atoms with E-state index in [9.17, 15) is 4.79 Å². The second-order valence-electron chi connectivity index (χ2n) is 7.03. The fourth-order valence-corrected chi connectivity index (χ4v) is 3.19. The lowest BCUT2D eigenvalue weighted by Crippen LogP contribution is -2.12. The number of rotatable bonds is 6. The van der Waals surface area contributed by atoms with Gasteiger partial charge in [-0.2, -0.15) is 0 Å². The van der Waals surface area contributed by atoms with Gasteiger partial charge in [-0.3, -0.25) is 4.79 Å². The molecule has 1 aromatic heterocycles. The Bertz CT molecular complexity index is 1210. The number of nitrogens with one attached hydrogen (secondary N) is 2. The summed E-state index contributed by atoms with van der Waals surface area (Å²) in [6, 6.07) is 26.4. The van der Waals surface area contributed by atoms with E-state index >= 15 is 0 Å². The number of aryl methyl sites for hydroxylation is 1. The lowest BCUT2D eigenvalue weighted by Gasteiger charge is -2.11. The Morgan fingerprint density at radius 3 is 2.48 bits per heavy atom. The highest BCUT2D eigenvalue weighted by atomic mass is 16.5. The van der Waals surface area contributed by atoms with Gasteiger partial charge in [0.15, 0.2) is 5.82 Å². The van der Waals surface area contributed by atoms with Gasteiger partial charge in [-0.05, 0) is 55.5 Å². The summed E-state index contributed by atoms with van der Waals surface area (Å²) in [6.45, 7) is 2.05. The molecule has 0 radical (unpaired) electrons. The van der Waals surface area contributed by atoms with E-state index in [0.717, 1.165) is 16.9 Å². The Balaban J connectivity index is 1.48. The molecule has 0 unspecified atom stereocenters. The first kappa shape index (κ1) is 20.1. The Morgan fingerprint density at radius 1 is 0.871 bits per heavy atom. The average molecular weight is 410 g/mol. The molecular weight excluding hydrogens is 388 g/mol. The summed E-state index contributed by atoms with van der Waals surface area (Å²) in [5, 5.41) is 14.7. The van der Waals surface area contributed by atoms with Gasteiger partial charge in [-0.25, -0.2) is 0 Å². The maximum atomic E-state index is 12.7. The monoisotopic (exact) mass is 410 g/mol. The molecule has 154 valence electrons. The van der Waals surface area contributed by atoms with E-state index in [1.165, 1.54) is 5.56 Å². The predicted octanol–water partition coefficient (Wildman–Crippen LogP) is 5.46. The van der Waals surface area contributed by atoms with Crippen molar-refractivity contribution in [3.8, 4) is 17.0 Å². The van der Waals surface area contributed by atoms with Gasteiger partial charge < -0.3 is 15.4 Å². The first-order chi connectivity index (χ1) is 15.1. The van der Waals surface area contributed by atoms with E-state index in [0.29, 0.717) is 22.8 Å².